The number of carbonyl (C=O) groups is 1. The molecule has 0 aliphatic carbocycles. The quantitative estimate of drug-likeness (QED) is 0.639. The summed E-state index contributed by atoms with van der Waals surface area (Å²) in [6, 6.07) is 10.4. The minimum atomic E-state index is -3.71. The van der Waals surface area contributed by atoms with Crippen LogP contribution >= 0.6 is 0 Å². The molecule has 2 aromatic carbocycles. The maximum absolute atomic E-state index is 13.0. The summed E-state index contributed by atoms with van der Waals surface area (Å²) in [5.41, 5.74) is 0.903. The zero-order valence-electron chi connectivity index (χ0n) is 18.1. The van der Waals surface area contributed by atoms with Gasteiger partial charge in [-0.1, -0.05) is 6.07 Å². The number of hydrogen-bond acceptors (Lipinski definition) is 7. The van der Waals surface area contributed by atoms with E-state index in [2.05, 4.69) is 5.32 Å². The lowest BCUT2D eigenvalue weighted by Crippen LogP contribution is -2.40. The fourth-order valence-electron chi connectivity index (χ4n) is 3.15. The van der Waals surface area contributed by atoms with E-state index in [1.165, 1.54) is 34.6 Å². The molecule has 0 bridgehead atoms. The summed E-state index contributed by atoms with van der Waals surface area (Å²) in [7, 11) is -7.04. The van der Waals surface area contributed by atoms with E-state index >= 15 is 0 Å². The number of aryl methyl sites for hydroxylation is 1. The molecular weight excluding hydrogens is 456 g/mol. The van der Waals surface area contributed by atoms with Crippen LogP contribution in [0.5, 0.6) is 5.75 Å². The first-order valence-electron chi connectivity index (χ1n) is 9.94. The van der Waals surface area contributed by atoms with Crippen LogP contribution in [-0.2, 0) is 29.4 Å². The number of sulfonamides is 1. The van der Waals surface area contributed by atoms with Gasteiger partial charge in [-0.25, -0.2) is 16.8 Å². The fourth-order valence-corrected chi connectivity index (χ4v) is 5.44. The van der Waals surface area contributed by atoms with Crippen molar-refractivity contribution in [3.63, 3.8) is 0 Å². The van der Waals surface area contributed by atoms with Gasteiger partial charge >= 0.3 is 0 Å². The van der Waals surface area contributed by atoms with Crippen molar-refractivity contribution in [2.24, 2.45) is 0 Å². The van der Waals surface area contributed by atoms with Gasteiger partial charge in [0, 0.05) is 25.0 Å². The Morgan fingerprint density at radius 3 is 2.28 bits per heavy atom. The molecule has 1 N–H and O–H groups in total. The maximum Gasteiger partial charge on any atom is 0.265 e. The zero-order chi connectivity index (χ0) is 23.5. The van der Waals surface area contributed by atoms with Gasteiger partial charge in [-0.05, 0) is 55.8 Å². The van der Waals surface area contributed by atoms with Gasteiger partial charge in [-0.2, -0.15) is 4.31 Å². The summed E-state index contributed by atoms with van der Waals surface area (Å²) in [5, 5.41) is 2.67. The molecule has 1 amide bonds. The molecule has 1 aliphatic heterocycles. The van der Waals surface area contributed by atoms with Crippen molar-refractivity contribution in [1.29, 1.82) is 0 Å². The highest BCUT2D eigenvalue weighted by atomic mass is 32.2. The number of nitrogens with zero attached hydrogens (tertiary/aromatic N) is 1. The number of nitrogens with one attached hydrogen (secondary N) is 1. The van der Waals surface area contributed by atoms with Crippen LogP contribution in [0.1, 0.15) is 12.5 Å². The summed E-state index contributed by atoms with van der Waals surface area (Å²) < 4.78 is 61.3. The van der Waals surface area contributed by atoms with E-state index < -0.39 is 31.9 Å². The van der Waals surface area contributed by atoms with Gasteiger partial charge in [-0.3, -0.25) is 4.79 Å². The smallest absolute Gasteiger partial charge is 0.265 e. The van der Waals surface area contributed by atoms with Crippen LogP contribution in [0.2, 0.25) is 0 Å². The second kappa shape index (κ2) is 9.57. The summed E-state index contributed by atoms with van der Waals surface area (Å²) >= 11 is 0. The van der Waals surface area contributed by atoms with Gasteiger partial charge in [0.05, 0.1) is 23.0 Å². The number of rotatable bonds is 7. The molecule has 0 radical (unpaired) electrons. The van der Waals surface area contributed by atoms with Gasteiger partial charge in [0.1, 0.15) is 5.75 Å². The SMILES string of the molecule is Cc1ccc(NC(=O)C(C)Oc2ccc(S(C)(=O)=O)cc2)cc1S(=O)(=O)N1CCOCC1. The Morgan fingerprint density at radius 2 is 1.69 bits per heavy atom. The Balaban J connectivity index is 1.71. The lowest BCUT2D eigenvalue weighted by atomic mass is 10.2. The summed E-state index contributed by atoms with van der Waals surface area (Å²) in [4.78, 5) is 12.9. The molecule has 11 heteroatoms. The molecule has 1 saturated heterocycles. The number of amides is 1. The van der Waals surface area contributed by atoms with Crippen molar-refractivity contribution in [1.82, 2.24) is 4.31 Å². The molecule has 9 nitrogen and oxygen atoms in total. The molecule has 1 fully saturated rings. The van der Waals surface area contributed by atoms with Crippen molar-refractivity contribution >= 4 is 31.5 Å². The van der Waals surface area contributed by atoms with Gasteiger partial charge in [0.2, 0.25) is 10.0 Å². The van der Waals surface area contributed by atoms with Crippen molar-refractivity contribution in [2.75, 3.05) is 37.9 Å². The molecule has 1 aliphatic rings. The van der Waals surface area contributed by atoms with E-state index in [0.717, 1.165) is 6.26 Å². The number of hydrogen-bond donors (Lipinski definition) is 1. The highest BCUT2D eigenvalue weighted by Gasteiger charge is 2.28. The number of benzene rings is 2. The fraction of sp³-hybridized carbons (Fsp3) is 0.381. The average Bonchev–Trinajstić information content (AvgIpc) is 2.75. The van der Waals surface area contributed by atoms with E-state index in [0.29, 0.717) is 30.2 Å². The van der Waals surface area contributed by atoms with Gasteiger partial charge in [-0.15, -0.1) is 0 Å². The standard InChI is InChI=1S/C21H26N2O7S2/c1-15-4-5-17(14-20(15)32(27,28)23-10-12-29-13-11-23)22-21(24)16(2)30-18-6-8-19(9-7-18)31(3,25)26/h4-9,14,16H,10-13H2,1-3H3,(H,22,24). The second-order valence-corrected chi connectivity index (χ2v) is 11.4. The number of morpholine rings is 1. The highest BCUT2D eigenvalue weighted by Crippen LogP contribution is 2.25. The molecule has 1 unspecified atom stereocenters. The second-order valence-electron chi connectivity index (χ2n) is 7.49. The van der Waals surface area contributed by atoms with Crippen LogP contribution in [0.25, 0.3) is 0 Å². The first kappa shape index (κ1) is 24.2. The lowest BCUT2D eigenvalue weighted by Gasteiger charge is -2.27. The molecule has 3 rings (SSSR count). The summed E-state index contributed by atoms with van der Waals surface area (Å²) in [6.45, 7) is 4.48. The number of anilines is 1. The molecule has 174 valence electrons. The Morgan fingerprint density at radius 1 is 1.06 bits per heavy atom. The van der Waals surface area contributed by atoms with Crippen molar-refractivity contribution in [2.45, 2.75) is 29.7 Å². The molecule has 1 heterocycles. The normalized spacial score (nSPS) is 16.3. The van der Waals surface area contributed by atoms with E-state index in [1.807, 2.05) is 0 Å². The van der Waals surface area contributed by atoms with E-state index in [9.17, 15) is 21.6 Å². The zero-order valence-corrected chi connectivity index (χ0v) is 19.7. The molecular formula is C21H26N2O7S2. The van der Waals surface area contributed by atoms with Gasteiger partial charge in [0.15, 0.2) is 15.9 Å². The van der Waals surface area contributed by atoms with E-state index in [1.54, 1.807) is 26.0 Å². The Bertz CT molecular complexity index is 1190. The minimum Gasteiger partial charge on any atom is -0.481 e. The molecule has 0 saturated carbocycles. The van der Waals surface area contributed by atoms with Crippen molar-refractivity contribution < 1.29 is 31.1 Å². The first-order chi connectivity index (χ1) is 15.0. The van der Waals surface area contributed by atoms with Crippen LogP contribution in [0.4, 0.5) is 5.69 Å². The monoisotopic (exact) mass is 482 g/mol. The Hall–Kier alpha value is -2.47. The minimum absolute atomic E-state index is 0.127. The predicted molar refractivity (Wildman–Crippen MR) is 119 cm³/mol. The van der Waals surface area contributed by atoms with Crippen LogP contribution in [0, 0.1) is 6.92 Å². The molecule has 0 aromatic heterocycles. The lowest BCUT2D eigenvalue weighted by molar-refractivity contribution is -0.122. The largest absolute Gasteiger partial charge is 0.481 e. The number of sulfone groups is 1. The van der Waals surface area contributed by atoms with Crippen LogP contribution < -0.4 is 10.1 Å². The first-order valence-corrected chi connectivity index (χ1v) is 13.3. The van der Waals surface area contributed by atoms with Crippen LogP contribution in [0.15, 0.2) is 52.3 Å². The molecule has 32 heavy (non-hydrogen) atoms. The third-order valence-corrected chi connectivity index (χ3v) is 8.15. The topological polar surface area (TPSA) is 119 Å². The summed E-state index contributed by atoms with van der Waals surface area (Å²) in [5.74, 6) is -0.143. The third kappa shape index (κ3) is 5.66. The van der Waals surface area contributed by atoms with Gasteiger partial charge < -0.3 is 14.8 Å². The number of ether oxygens (including phenoxy) is 2. The predicted octanol–water partition coefficient (Wildman–Crippen LogP) is 1.83. The maximum atomic E-state index is 13.0. The molecule has 1 atom stereocenters. The Kier molecular flexibility index (Phi) is 7.23. The highest BCUT2D eigenvalue weighted by molar-refractivity contribution is 7.90. The van der Waals surface area contributed by atoms with E-state index in [-0.39, 0.29) is 22.9 Å². The van der Waals surface area contributed by atoms with Crippen molar-refractivity contribution in [3.8, 4) is 5.75 Å². The third-order valence-electron chi connectivity index (χ3n) is 4.98. The Labute approximate surface area is 188 Å². The van der Waals surface area contributed by atoms with Gasteiger partial charge in [0.25, 0.3) is 5.91 Å². The van der Waals surface area contributed by atoms with Crippen LogP contribution in [0.3, 0.4) is 0 Å². The average molecular weight is 483 g/mol. The molecule has 2 aromatic rings. The molecule has 0 spiro atoms. The van der Waals surface area contributed by atoms with Crippen LogP contribution in [-0.4, -0.2) is 65.7 Å². The summed E-state index contributed by atoms with van der Waals surface area (Å²) in [6.07, 6.45) is 0.202. The van der Waals surface area contributed by atoms with E-state index in [4.69, 9.17) is 9.47 Å². The van der Waals surface area contributed by atoms with Crippen molar-refractivity contribution in [3.05, 3.63) is 48.0 Å². The number of carbonyl (C=O) groups excluding carboxylic acids is 1.